The van der Waals surface area contributed by atoms with Gasteiger partial charge in [-0.3, -0.25) is 5.32 Å². The lowest BCUT2D eigenvalue weighted by Crippen LogP contribution is -2.43. The number of nitrogens with zero attached hydrogens (tertiary/aromatic N) is 1. The number of hydrogen-bond donors (Lipinski definition) is 4. The summed E-state index contributed by atoms with van der Waals surface area (Å²) in [6.07, 6.45) is 0.730. The maximum Gasteiger partial charge on any atom is 0.326 e. The Morgan fingerprint density at radius 1 is 1.47 bits per heavy atom. The third-order valence-corrected chi connectivity index (χ3v) is 3.40. The molecule has 1 aromatic rings. The van der Waals surface area contributed by atoms with E-state index >= 15 is 0 Å². The van der Waals surface area contributed by atoms with Crippen LogP contribution in [-0.4, -0.2) is 39.8 Å². The van der Waals surface area contributed by atoms with Crippen LogP contribution in [0.4, 0.5) is 9.93 Å². The average Bonchev–Trinajstić information content (AvgIpc) is 2.68. The maximum atomic E-state index is 11.6. The summed E-state index contributed by atoms with van der Waals surface area (Å²) in [6.45, 7) is 3.56. The van der Waals surface area contributed by atoms with Crippen LogP contribution in [0.5, 0.6) is 0 Å². The van der Waals surface area contributed by atoms with E-state index in [4.69, 9.17) is 10.2 Å². The smallest absolute Gasteiger partial charge is 0.326 e. The number of carbonyl (C=O) groups excluding carboxylic acids is 1. The summed E-state index contributed by atoms with van der Waals surface area (Å²) >= 11 is 1.34. The molecule has 0 bridgehead atoms. The van der Waals surface area contributed by atoms with E-state index < -0.39 is 18.0 Å². The molecule has 8 heteroatoms. The zero-order valence-corrected chi connectivity index (χ0v) is 11.6. The molecule has 19 heavy (non-hydrogen) atoms. The summed E-state index contributed by atoms with van der Waals surface area (Å²) in [5.74, 6) is -1.19. The van der Waals surface area contributed by atoms with Gasteiger partial charge in [0.15, 0.2) is 5.13 Å². The van der Waals surface area contributed by atoms with Crippen molar-refractivity contribution in [3.8, 4) is 0 Å². The highest BCUT2D eigenvalue weighted by molar-refractivity contribution is 7.15. The van der Waals surface area contributed by atoms with Gasteiger partial charge in [0.1, 0.15) is 6.04 Å². The third kappa shape index (κ3) is 4.49. The van der Waals surface area contributed by atoms with E-state index in [0.717, 1.165) is 17.0 Å². The fourth-order valence-corrected chi connectivity index (χ4v) is 2.38. The van der Waals surface area contributed by atoms with Crippen molar-refractivity contribution in [3.63, 3.8) is 0 Å². The quantitative estimate of drug-likeness (QED) is 0.623. The molecule has 1 rings (SSSR count). The number of carboxylic acids is 1. The maximum absolute atomic E-state index is 11.6. The molecule has 1 heterocycles. The number of aliphatic carboxylic acids is 1. The summed E-state index contributed by atoms with van der Waals surface area (Å²) in [5.41, 5.74) is 0.908. The minimum absolute atomic E-state index is 0.0418. The molecule has 1 atom stereocenters. The number of amides is 2. The van der Waals surface area contributed by atoms with Gasteiger partial charge in [-0.2, -0.15) is 0 Å². The van der Waals surface area contributed by atoms with E-state index in [1.54, 1.807) is 0 Å². The summed E-state index contributed by atoms with van der Waals surface area (Å²) in [6, 6.07) is -1.76. The number of carboxylic acid groups (broad SMARTS) is 1. The van der Waals surface area contributed by atoms with Crippen molar-refractivity contribution < 1.29 is 19.8 Å². The second-order valence-electron chi connectivity index (χ2n) is 3.88. The van der Waals surface area contributed by atoms with Gasteiger partial charge >= 0.3 is 12.0 Å². The topological polar surface area (TPSA) is 112 Å². The van der Waals surface area contributed by atoms with Gasteiger partial charge in [0.2, 0.25) is 0 Å². The number of urea groups is 1. The highest BCUT2D eigenvalue weighted by Crippen LogP contribution is 2.22. The number of rotatable bonds is 6. The standard InChI is InChI=1S/C11H17N3O4S/c1-3-7-6(2)19-11(13-7)14-10(18)12-8(4-5-15)9(16)17/h8,15H,3-5H2,1-2H3,(H,16,17)(H2,12,13,14,18)/t8-/m0/s1. The van der Waals surface area contributed by atoms with E-state index in [0.29, 0.717) is 5.13 Å². The van der Waals surface area contributed by atoms with Gasteiger partial charge in [-0.1, -0.05) is 6.92 Å². The van der Waals surface area contributed by atoms with Gasteiger partial charge in [-0.05, 0) is 13.3 Å². The van der Waals surface area contributed by atoms with Crippen molar-refractivity contribution in [3.05, 3.63) is 10.6 Å². The van der Waals surface area contributed by atoms with Crippen LogP contribution in [0.2, 0.25) is 0 Å². The molecule has 106 valence electrons. The molecule has 0 saturated carbocycles. The second-order valence-corrected chi connectivity index (χ2v) is 5.08. The predicted molar refractivity (Wildman–Crippen MR) is 71.5 cm³/mol. The Hall–Kier alpha value is -1.67. The Morgan fingerprint density at radius 3 is 2.63 bits per heavy atom. The number of aliphatic hydroxyl groups excluding tert-OH is 1. The molecular formula is C11H17N3O4S. The lowest BCUT2D eigenvalue weighted by atomic mass is 10.2. The lowest BCUT2D eigenvalue weighted by molar-refractivity contribution is -0.139. The first-order valence-corrected chi connectivity index (χ1v) is 6.67. The van der Waals surface area contributed by atoms with Crippen molar-refractivity contribution in [1.29, 1.82) is 0 Å². The Bertz CT molecular complexity index is 461. The number of aliphatic hydroxyl groups is 1. The summed E-state index contributed by atoms with van der Waals surface area (Å²) in [5, 5.41) is 22.7. The number of aryl methyl sites for hydroxylation is 2. The van der Waals surface area contributed by atoms with E-state index in [9.17, 15) is 9.59 Å². The molecule has 0 aliphatic heterocycles. The molecule has 0 spiro atoms. The zero-order chi connectivity index (χ0) is 14.4. The number of nitrogens with one attached hydrogen (secondary N) is 2. The lowest BCUT2D eigenvalue weighted by Gasteiger charge is -2.12. The molecule has 0 fully saturated rings. The number of aromatic nitrogens is 1. The number of anilines is 1. The molecule has 0 saturated heterocycles. The van der Waals surface area contributed by atoms with Gasteiger partial charge in [-0.15, -0.1) is 11.3 Å². The average molecular weight is 287 g/mol. The SMILES string of the molecule is CCc1nc(NC(=O)N[C@@H](CCO)C(=O)O)sc1C. The minimum atomic E-state index is -1.19. The van der Waals surface area contributed by atoms with Crippen LogP contribution in [-0.2, 0) is 11.2 Å². The number of thiazole rings is 1. The fraction of sp³-hybridized carbons (Fsp3) is 0.545. The Kier molecular flexibility index (Phi) is 5.71. The second kappa shape index (κ2) is 7.05. The van der Waals surface area contributed by atoms with E-state index in [1.807, 2.05) is 13.8 Å². The highest BCUT2D eigenvalue weighted by atomic mass is 32.1. The molecule has 4 N–H and O–H groups in total. The normalized spacial score (nSPS) is 11.9. The molecule has 0 unspecified atom stereocenters. The van der Waals surface area contributed by atoms with Gasteiger partial charge in [0.05, 0.1) is 5.69 Å². The molecule has 0 radical (unpaired) electrons. The number of carbonyl (C=O) groups is 2. The fourth-order valence-electron chi connectivity index (χ4n) is 1.49. The Labute approximate surface area is 114 Å². The van der Waals surface area contributed by atoms with Crippen molar-refractivity contribution in [2.45, 2.75) is 32.7 Å². The van der Waals surface area contributed by atoms with Gasteiger partial charge in [-0.25, -0.2) is 14.6 Å². The highest BCUT2D eigenvalue weighted by Gasteiger charge is 2.19. The zero-order valence-electron chi connectivity index (χ0n) is 10.8. The van der Waals surface area contributed by atoms with Crippen LogP contribution in [0.25, 0.3) is 0 Å². The first-order valence-electron chi connectivity index (χ1n) is 5.85. The van der Waals surface area contributed by atoms with Crippen LogP contribution in [0, 0.1) is 6.92 Å². The van der Waals surface area contributed by atoms with Crippen LogP contribution < -0.4 is 10.6 Å². The Morgan fingerprint density at radius 2 is 2.16 bits per heavy atom. The van der Waals surface area contributed by atoms with E-state index in [2.05, 4.69) is 15.6 Å². The molecule has 2 amide bonds. The van der Waals surface area contributed by atoms with Crippen molar-refractivity contribution in [2.75, 3.05) is 11.9 Å². The predicted octanol–water partition coefficient (Wildman–Crippen LogP) is 0.971. The van der Waals surface area contributed by atoms with Crippen molar-refractivity contribution in [1.82, 2.24) is 10.3 Å². The molecule has 7 nitrogen and oxygen atoms in total. The monoisotopic (exact) mass is 287 g/mol. The van der Waals surface area contributed by atoms with Crippen molar-refractivity contribution >= 4 is 28.5 Å². The molecule has 0 aromatic carbocycles. The van der Waals surface area contributed by atoms with Crippen LogP contribution in [0.1, 0.15) is 23.9 Å². The minimum Gasteiger partial charge on any atom is -0.480 e. The molecule has 0 aliphatic carbocycles. The summed E-state index contributed by atoms with van der Waals surface area (Å²) in [4.78, 5) is 27.7. The van der Waals surface area contributed by atoms with Gasteiger partial charge < -0.3 is 15.5 Å². The first kappa shape index (κ1) is 15.4. The van der Waals surface area contributed by atoms with E-state index in [1.165, 1.54) is 11.3 Å². The summed E-state index contributed by atoms with van der Waals surface area (Å²) < 4.78 is 0. The molecule has 1 aromatic heterocycles. The van der Waals surface area contributed by atoms with Crippen LogP contribution in [0.15, 0.2) is 0 Å². The number of hydrogen-bond acceptors (Lipinski definition) is 5. The molecule has 0 aliphatic rings. The summed E-state index contributed by atoms with van der Waals surface area (Å²) in [7, 11) is 0. The van der Waals surface area contributed by atoms with E-state index in [-0.39, 0.29) is 13.0 Å². The van der Waals surface area contributed by atoms with Gasteiger partial charge in [0, 0.05) is 17.9 Å². The molecular weight excluding hydrogens is 270 g/mol. The van der Waals surface area contributed by atoms with Gasteiger partial charge in [0.25, 0.3) is 0 Å². The van der Waals surface area contributed by atoms with Crippen LogP contribution in [0.3, 0.4) is 0 Å². The third-order valence-electron chi connectivity index (χ3n) is 2.47. The first-order chi connectivity index (χ1) is 8.97. The van der Waals surface area contributed by atoms with Crippen molar-refractivity contribution in [2.24, 2.45) is 0 Å². The Balaban J connectivity index is 2.60. The van der Waals surface area contributed by atoms with Crippen LogP contribution >= 0.6 is 11.3 Å². The largest absolute Gasteiger partial charge is 0.480 e.